The van der Waals surface area contributed by atoms with Gasteiger partial charge in [0.05, 0.1) is 18.1 Å². The molecule has 5 rings (SSSR count). The molecule has 1 aliphatic carbocycles. The molecule has 38 heavy (non-hydrogen) atoms. The van der Waals surface area contributed by atoms with E-state index in [-0.39, 0.29) is 30.1 Å². The van der Waals surface area contributed by atoms with Crippen molar-refractivity contribution in [3.63, 3.8) is 0 Å². The van der Waals surface area contributed by atoms with Crippen LogP contribution in [0.1, 0.15) is 32.1 Å². The molecule has 1 amide bonds. The summed E-state index contributed by atoms with van der Waals surface area (Å²) in [6, 6.07) is 15.6. The number of carbonyl (C=O) groups is 1. The van der Waals surface area contributed by atoms with E-state index in [1.54, 1.807) is 17.6 Å². The highest BCUT2D eigenvalue weighted by Crippen LogP contribution is 2.38. The molecule has 9 nitrogen and oxygen atoms in total. The normalized spacial score (nSPS) is 17.5. The third-order valence-corrected chi connectivity index (χ3v) is 9.76. The summed E-state index contributed by atoms with van der Waals surface area (Å²) in [5, 5.41) is 10.3. The van der Waals surface area contributed by atoms with Gasteiger partial charge in [-0.2, -0.15) is 0 Å². The average Bonchev–Trinajstić information content (AvgIpc) is 3.64. The van der Waals surface area contributed by atoms with Crippen LogP contribution in [0.5, 0.6) is 11.7 Å². The van der Waals surface area contributed by atoms with Gasteiger partial charge >= 0.3 is 0 Å². The van der Waals surface area contributed by atoms with E-state index in [1.807, 2.05) is 30.3 Å². The van der Waals surface area contributed by atoms with Gasteiger partial charge in [-0.05, 0) is 61.9 Å². The Kier molecular flexibility index (Phi) is 8.87. The van der Waals surface area contributed by atoms with Gasteiger partial charge in [-0.15, -0.1) is 12.4 Å². The van der Waals surface area contributed by atoms with Crippen LogP contribution in [-0.2, 0) is 14.6 Å². The molecule has 11 heteroatoms. The number of sulfone groups is 1. The Morgan fingerprint density at radius 2 is 1.74 bits per heavy atom. The summed E-state index contributed by atoms with van der Waals surface area (Å²) in [5.74, 6) is 0.779. The van der Waals surface area contributed by atoms with Gasteiger partial charge in [-0.3, -0.25) is 10.0 Å². The van der Waals surface area contributed by atoms with Gasteiger partial charge in [-0.1, -0.05) is 18.2 Å². The van der Waals surface area contributed by atoms with Crippen molar-refractivity contribution in [2.24, 2.45) is 5.92 Å². The number of likely N-dealkylation sites (tertiary alicyclic amines) is 1. The van der Waals surface area contributed by atoms with Crippen LogP contribution in [0.4, 0.5) is 0 Å². The van der Waals surface area contributed by atoms with Crippen LogP contribution in [0.2, 0.25) is 0 Å². The summed E-state index contributed by atoms with van der Waals surface area (Å²) in [5.41, 5.74) is 2.38. The van der Waals surface area contributed by atoms with Gasteiger partial charge in [0.1, 0.15) is 11.3 Å². The average molecular weight is 565 g/mol. The zero-order valence-electron chi connectivity index (χ0n) is 21.0. The number of carbonyl (C=O) groups excluding carboxylic acids is 1. The van der Waals surface area contributed by atoms with E-state index in [4.69, 9.17) is 13.9 Å². The van der Waals surface area contributed by atoms with Gasteiger partial charge in [0, 0.05) is 37.5 Å². The molecule has 3 aromatic rings. The summed E-state index contributed by atoms with van der Waals surface area (Å²) in [6.07, 6.45) is 3.30. The van der Waals surface area contributed by atoms with Crippen molar-refractivity contribution in [1.29, 1.82) is 0 Å². The lowest BCUT2D eigenvalue weighted by atomic mass is 9.94. The molecular weight excluding hydrogens is 532 g/mol. The number of nitrogens with one attached hydrogen (secondary N) is 1. The number of benzene rings is 2. The number of amides is 1. The minimum atomic E-state index is -4.04. The largest absolute Gasteiger partial charge is 0.493 e. The highest BCUT2D eigenvalue weighted by atomic mass is 35.5. The lowest BCUT2D eigenvalue weighted by Gasteiger charge is -2.39. The van der Waals surface area contributed by atoms with E-state index in [0.717, 1.165) is 17.5 Å². The Bertz CT molecular complexity index is 1300. The molecule has 2 aromatic carbocycles. The molecule has 206 valence electrons. The van der Waals surface area contributed by atoms with E-state index in [9.17, 15) is 18.4 Å². The number of hydrogen-bond donors (Lipinski definition) is 2. The number of fused-ring (bicyclic) bond motifs is 1. The molecule has 1 aromatic heterocycles. The monoisotopic (exact) mass is 564 g/mol. The molecule has 2 N–H and O–H groups in total. The Hall–Kier alpha value is -2.79. The van der Waals surface area contributed by atoms with Crippen molar-refractivity contribution in [2.75, 3.05) is 32.8 Å². The second kappa shape index (κ2) is 11.9. The molecule has 1 aliphatic heterocycles. The van der Waals surface area contributed by atoms with Crippen LogP contribution in [0, 0.1) is 5.92 Å². The number of hydrogen-bond acceptors (Lipinski definition) is 8. The smallest absolute Gasteiger partial charge is 0.285 e. The first-order valence-electron chi connectivity index (χ1n) is 12.7. The first-order chi connectivity index (χ1) is 17.9. The van der Waals surface area contributed by atoms with Crippen molar-refractivity contribution in [3.8, 4) is 11.7 Å². The van der Waals surface area contributed by atoms with Crippen LogP contribution >= 0.6 is 12.4 Å². The number of nitrogens with zero attached hydrogens (tertiary/aromatic N) is 1. The number of piperidine rings is 1. The molecule has 2 fully saturated rings. The first-order valence-corrected chi connectivity index (χ1v) is 14.2. The summed E-state index contributed by atoms with van der Waals surface area (Å²) in [7, 11) is -4.04. The Labute approximate surface area is 228 Å². The molecule has 1 saturated heterocycles. The zero-order valence-corrected chi connectivity index (χ0v) is 22.6. The Morgan fingerprint density at radius 1 is 1.05 bits per heavy atom. The molecule has 0 unspecified atom stereocenters. The molecule has 0 spiro atoms. The second-order valence-electron chi connectivity index (χ2n) is 9.81. The maximum absolute atomic E-state index is 13.6. The molecule has 0 radical (unpaired) electrons. The number of ether oxygens (including phenoxy) is 2. The molecule has 0 atom stereocenters. The Morgan fingerprint density at radius 3 is 2.39 bits per heavy atom. The van der Waals surface area contributed by atoms with E-state index in [2.05, 4.69) is 4.90 Å². The first kappa shape index (κ1) is 28.2. The van der Waals surface area contributed by atoms with Crippen LogP contribution in [-0.4, -0.2) is 62.0 Å². The summed E-state index contributed by atoms with van der Waals surface area (Å²) >= 11 is 0. The van der Waals surface area contributed by atoms with Crippen LogP contribution in [0.25, 0.3) is 11.0 Å². The zero-order chi connectivity index (χ0) is 25.9. The lowest BCUT2D eigenvalue weighted by Crippen LogP contribution is -2.57. The van der Waals surface area contributed by atoms with Gasteiger partial charge in [0.2, 0.25) is 0 Å². The fraction of sp³-hybridized carbons (Fsp3) is 0.444. The quantitative estimate of drug-likeness (QED) is 0.202. The topological polar surface area (TPSA) is 118 Å². The number of para-hydroxylation sites is 1. The van der Waals surface area contributed by atoms with Crippen molar-refractivity contribution < 1.29 is 32.3 Å². The van der Waals surface area contributed by atoms with Gasteiger partial charge in [-0.25, -0.2) is 13.9 Å². The number of furan rings is 1. The van der Waals surface area contributed by atoms with E-state index < -0.39 is 20.5 Å². The predicted octanol–water partition coefficient (Wildman–Crippen LogP) is 4.23. The summed E-state index contributed by atoms with van der Waals surface area (Å²) in [4.78, 5) is 14.9. The molecule has 0 bridgehead atoms. The van der Waals surface area contributed by atoms with Gasteiger partial charge in [0.15, 0.2) is 14.6 Å². The Balaban J connectivity index is 0.00000336. The van der Waals surface area contributed by atoms with E-state index in [0.29, 0.717) is 50.3 Å². The number of halogens is 1. The minimum Gasteiger partial charge on any atom is -0.493 e. The molecule has 1 saturated carbocycles. The van der Waals surface area contributed by atoms with Crippen LogP contribution in [0.15, 0.2) is 63.9 Å². The highest BCUT2D eigenvalue weighted by molar-refractivity contribution is 7.93. The van der Waals surface area contributed by atoms with Gasteiger partial charge < -0.3 is 18.8 Å². The third-order valence-electron chi connectivity index (χ3n) is 7.25. The fourth-order valence-electron chi connectivity index (χ4n) is 4.87. The van der Waals surface area contributed by atoms with Crippen molar-refractivity contribution >= 4 is 39.1 Å². The molecular formula is C27H33ClN2O7S. The number of hydroxylamine groups is 1. The highest BCUT2D eigenvalue weighted by Gasteiger charge is 2.53. The summed E-state index contributed by atoms with van der Waals surface area (Å²) in [6.45, 7) is 2.72. The van der Waals surface area contributed by atoms with Crippen LogP contribution in [0.3, 0.4) is 0 Å². The molecule has 2 heterocycles. The van der Waals surface area contributed by atoms with E-state index in [1.165, 1.54) is 25.0 Å². The van der Waals surface area contributed by atoms with Crippen molar-refractivity contribution in [3.05, 3.63) is 54.6 Å². The van der Waals surface area contributed by atoms with E-state index >= 15 is 0 Å². The standard InChI is InChI=1S/C27H32N2O7S.ClH/c30-26(28-31)27(12-14-29(15-13-27)19-20-6-7-20)37(32,33)23-10-8-22(9-11-23)34-16-3-17-35-25-18-21-4-1-2-5-24(21)36-25;/h1-2,4-5,8-11,18,20,31H,3,6-7,12-17,19H2,(H,28,30);1H. The molecule has 2 aliphatic rings. The minimum absolute atomic E-state index is 0. The number of rotatable bonds is 11. The second-order valence-corrected chi connectivity index (χ2v) is 12.1. The predicted molar refractivity (Wildman–Crippen MR) is 144 cm³/mol. The lowest BCUT2D eigenvalue weighted by molar-refractivity contribution is -0.133. The fourth-order valence-corrected chi connectivity index (χ4v) is 6.83. The van der Waals surface area contributed by atoms with Gasteiger partial charge in [0.25, 0.3) is 11.9 Å². The maximum Gasteiger partial charge on any atom is 0.285 e. The maximum atomic E-state index is 13.6. The SMILES string of the molecule is Cl.O=C(NO)C1(S(=O)(=O)c2ccc(OCCCOc3cc4ccccc4o3)cc2)CCN(CC2CC2)CC1. The van der Waals surface area contributed by atoms with Crippen molar-refractivity contribution in [1.82, 2.24) is 10.4 Å². The van der Waals surface area contributed by atoms with Crippen LogP contribution < -0.4 is 15.0 Å². The van der Waals surface area contributed by atoms with Crippen molar-refractivity contribution in [2.45, 2.75) is 41.7 Å². The summed E-state index contributed by atoms with van der Waals surface area (Å²) < 4.78 is 42.5. The third kappa shape index (κ3) is 5.93.